The predicted molar refractivity (Wildman–Crippen MR) is 94.9 cm³/mol. The summed E-state index contributed by atoms with van der Waals surface area (Å²) >= 11 is 0. The number of ether oxygens (including phenoxy) is 1. The van der Waals surface area contributed by atoms with Gasteiger partial charge in [-0.2, -0.15) is 18.6 Å². The van der Waals surface area contributed by atoms with Gasteiger partial charge < -0.3 is 10.1 Å². The molecular weight excluding hydrogens is 354 g/mol. The summed E-state index contributed by atoms with van der Waals surface area (Å²) in [6.07, 6.45) is 2.74. The zero-order valence-corrected chi connectivity index (χ0v) is 14.8. The van der Waals surface area contributed by atoms with E-state index in [9.17, 15) is 13.6 Å². The highest BCUT2D eigenvalue weighted by atomic mass is 19.3. The van der Waals surface area contributed by atoms with Gasteiger partial charge in [0, 0.05) is 24.5 Å². The summed E-state index contributed by atoms with van der Waals surface area (Å²) in [5, 5.41) is 6.05. The fraction of sp³-hybridized carbons (Fsp3) is 0.211. The van der Waals surface area contributed by atoms with E-state index in [4.69, 9.17) is 4.74 Å². The van der Waals surface area contributed by atoms with Crippen LogP contribution in [0, 0.1) is 13.8 Å². The highest BCUT2D eigenvalue weighted by molar-refractivity contribution is 5.92. The van der Waals surface area contributed by atoms with Crippen molar-refractivity contribution in [2.24, 2.45) is 0 Å². The Kier molecular flexibility index (Phi) is 5.44. The molecule has 8 heteroatoms. The maximum atomic E-state index is 12.9. The van der Waals surface area contributed by atoms with Crippen molar-refractivity contribution < 1.29 is 18.3 Å². The van der Waals surface area contributed by atoms with Gasteiger partial charge in [-0.1, -0.05) is 24.3 Å². The van der Waals surface area contributed by atoms with E-state index < -0.39 is 12.5 Å². The molecule has 0 saturated carbocycles. The smallest absolute Gasteiger partial charge is 0.333 e. The molecule has 3 rings (SSSR count). The van der Waals surface area contributed by atoms with Crippen molar-refractivity contribution in [3.8, 4) is 11.6 Å². The number of rotatable bonds is 6. The van der Waals surface area contributed by atoms with Crippen LogP contribution in [0.2, 0.25) is 0 Å². The third kappa shape index (κ3) is 4.11. The molecule has 1 aromatic carbocycles. The van der Waals surface area contributed by atoms with Crippen LogP contribution in [0.25, 0.3) is 0 Å². The van der Waals surface area contributed by atoms with Crippen molar-refractivity contribution in [3.05, 3.63) is 71.2 Å². The van der Waals surface area contributed by atoms with Crippen molar-refractivity contribution in [1.82, 2.24) is 20.1 Å². The lowest BCUT2D eigenvalue weighted by molar-refractivity contribution is 0.0509. The zero-order valence-electron chi connectivity index (χ0n) is 14.8. The quantitative estimate of drug-likeness (QED) is 0.710. The minimum Gasteiger partial charge on any atom is -0.438 e. The number of benzene rings is 1. The SMILES string of the molecule is Cc1cccc(C)c1Oc1ncccc1CNC(=O)c1ccnn1C(F)F. The molecule has 0 aliphatic carbocycles. The number of alkyl halides is 2. The molecule has 0 unspecified atom stereocenters. The Hall–Kier alpha value is -3.29. The summed E-state index contributed by atoms with van der Waals surface area (Å²) in [5.74, 6) is 0.381. The number of carbonyl (C=O) groups is 1. The summed E-state index contributed by atoms with van der Waals surface area (Å²) in [6.45, 7) is 1.04. The van der Waals surface area contributed by atoms with Crippen LogP contribution in [0.1, 0.15) is 33.7 Å². The monoisotopic (exact) mass is 372 g/mol. The molecule has 0 aliphatic heterocycles. The summed E-state index contributed by atoms with van der Waals surface area (Å²) < 4.78 is 32.0. The number of halogens is 2. The van der Waals surface area contributed by atoms with E-state index in [2.05, 4.69) is 15.4 Å². The van der Waals surface area contributed by atoms with Crippen molar-refractivity contribution in [2.75, 3.05) is 0 Å². The van der Waals surface area contributed by atoms with Crippen LogP contribution in [0.4, 0.5) is 8.78 Å². The molecule has 3 aromatic rings. The largest absolute Gasteiger partial charge is 0.438 e. The molecule has 2 aromatic heterocycles. The van der Waals surface area contributed by atoms with E-state index in [0.717, 1.165) is 17.3 Å². The van der Waals surface area contributed by atoms with E-state index in [1.165, 1.54) is 6.07 Å². The molecule has 27 heavy (non-hydrogen) atoms. The fourth-order valence-corrected chi connectivity index (χ4v) is 2.62. The van der Waals surface area contributed by atoms with Crippen molar-refractivity contribution in [2.45, 2.75) is 26.9 Å². The molecule has 0 fully saturated rings. The number of aromatic nitrogens is 3. The zero-order chi connectivity index (χ0) is 19.4. The number of nitrogens with one attached hydrogen (secondary N) is 1. The van der Waals surface area contributed by atoms with Crippen LogP contribution in [0.3, 0.4) is 0 Å². The molecule has 0 radical (unpaired) electrons. The number of pyridine rings is 1. The lowest BCUT2D eigenvalue weighted by Crippen LogP contribution is -2.26. The van der Waals surface area contributed by atoms with Gasteiger partial charge in [0.05, 0.1) is 0 Å². The first-order chi connectivity index (χ1) is 13.0. The van der Waals surface area contributed by atoms with Crippen LogP contribution >= 0.6 is 0 Å². The van der Waals surface area contributed by atoms with E-state index in [-0.39, 0.29) is 12.2 Å². The molecular formula is C19H18F2N4O2. The van der Waals surface area contributed by atoms with Gasteiger partial charge >= 0.3 is 6.55 Å². The van der Waals surface area contributed by atoms with Crippen molar-refractivity contribution in [3.63, 3.8) is 0 Å². The van der Waals surface area contributed by atoms with Gasteiger partial charge in [0.2, 0.25) is 5.88 Å². The van der Waals surface area contributed by atoms with Crippen molar-refractivity contribution >= 4 is 5.91 Å². The minimum absolute atomic E-state index is 0.0708. The van der Waals surface area contributed by atoms with Crippen LogP contribution in [0.5, 0.6) is 11.6 Å². The molecule has 140 valence electrons. The van der Waals surface area contributed by atoms with Gasteiger partial charge in [0.15, 0.2) is 0 Å². The fourth-order valence-electron chi connectivity index (χ4n) is 2.62. The second-order valence-electron chi connectivity index (χ2n) is 5.91. The van der Waals surface area contributed by atoms with E-state index >= 15 is 0 Å². The molecule has 0 spiro atoms. The van der Waals surface area contributed by atoms with Crippen LogP contribution in [-0.2, 0) is 6.54 Å². The third-order valence-electron chi connectivity index (χ3n) is 3.98. The molecule has 0 bridgehead atoms. The average molecular weight is 372 g/mol. The Morgan fingerprint density at radius 3 is 2.59 bits per heavy atom. The Bertz CT molecular complexity index is 936. The first-order valence-electron chi connectivity index (χ1n) is 8.25. The number of amides is 1. The summed E-state index contributed by atoms with van der Waals surface area (Å²) in [6, 6.07) is 10.5. The normalized spacial score (nSPS) is 10.9. The van der Waals surface area contributed by atoms with Gasteiger partial charge in [-0.05, 0) is 37.1 Å². The Morgan fingerprint density at radius 1 is 1.15 bits per heavy atom. The lowest BCUT2D eigenvalue weighted by atomic mass is 10.1. The second kappa shape index (κ2) is 7.94. The summed E-state index contributed by atoms with van der Waals surface area (Å²) in [7, 11) is 0. The number of hydrogen-bond donors (Lipinski definition) is 1. The highest BCUT2D eigenvalue weighted by Crippen LogP contribution is 2.29. The standard InChI is InChI=1S/C19H18F2N4O2/c1-12-5-3-6-13(2)16(12)27-18-14(7-4-9-22-18)11-23-17(26)15-8-10-24-25(15)19(20)21/h3-10,19H,11H2,1-2H3,(H,23,26). The van der Waals surface area contributed by atoms with Crippen LogP contribution < -0.4 is 10.1 Å². The number of nitrogens with zero attached hydrogens (tertiary/aromatic N) is 3. The predicted octanol–water partition coefficient (Wildman–Crippen LogP) is 4.01. The summed E-state index contributed by atoms with van der Waals surface area (Å²) in [4.78, 5) is 16.4. The van der Waals surface area contributed by atoms with Gasteiger partial charge in [0.25, 0.3) is 5.91 Å². The number of para-hydroxylation sites is 1. The highest BCUT2D eigenvalue weighted by Gasteiger charge is 2.18. The Morgan fingerprint density at radius 2 is 1.89 bits per heavy atom. The lowest BCUT2D eigenvalue weighted by Gasteiger charge is -2.14. The second-order valence-corrected chi connectivity index (χ2v) is 5.91. The molecule has 1 N–H and O–H groups in total. The van der Waals surface area contributed by atoms with Gasteiger partial charge in [-0.25, -0.2) is 4.98 Å². The minimum atomic E-state index is -2.89. The topological polar surface area (TPSA) is 69.0 Å². The molecule has 0 aliphatic rings. The van der Waals surface area contributed by atoms with Crippen LogP contribution in [0.15, 0.2) is 48.8 Å². The van der Waals surface area contributed by atoms with E-state index in [1.54, 1.807) is 18.3 Å². The Labute approximate surface area is 154 Å². The van der Waals surface area contributed by atoms with Gasteiger partial charge in [-0.3, -0.25) is 4.79 Å². The number of hydrogen-bond acceptors (Lipinski definition) is 4. The third-order valence-corrected chi connectivity index (χ3v) is 3.98. The van der Waals surface area contributed by atoms with Crippen molar-refractivity contribution in [1.29, 1.82) is 0 Å². The average Bonchev–Trinajstić information content (AvgIpc) is 3.14. The van der Waals surface area contributed by atoms with E-state index in [1.807, 2.05) is 32.0 Å². The molecule has 2 heterocycles. The molecule has 1 amide bonds. The number of aryl methyl sites for hydroxylation is 2. The first kappa shape index (κ1) is 18.5. The van der Waals surface area contributed by atoms with Gasteiger partial charge in [-0.15, -0.1) is 0 Å². The van der Waals surface area contributed by atoms with Crippen LogP contribution in [-0.4, -0.2) is 20.7 Å². The summed E-state index contributed by atoms with van der Waals surface area (Å²) in [5.41, 5.74) is 2.32. The first-order valence-corrected chi connectivity index (χ1v) is 8.25. The van der Waals surface area contributed by atoms with Gasteiger partial charge in [0.1, 0.15) is 11.4 Å². The van der Waals surface area contributed by atoms with E-state index in [0.29, 0.717) is 21.9 Å². The maximum Gasteiger partial charge on any atom is 0.333 e. The molecule has 6 nitrogen and oxygen atoms in total. The number of carbonyl (C=O) groups excluding carboxylic acids is 1. The maximum absolute atomic E-state index is 12.9. The molecule has 0 saturated heterocycles. The Balaban J connectivity index is 1.77. The molecule has 0 atom stereocenters.